The summed E-state index contributed by atoms with van der Waals surface area (Å²) < 4.78 is 0. The Labute approximate surface area is 115 Å². The lowest BCUT2D eigenvalue weighted by molar-refractivity contribution is 0.0943. The van der Waals surface area contributed by atoms with Crippen molar-refractivity contribution in [3.8, 4) is 0 Å². The first-order valence-corrected chi connectivity index (χ1v) is 6.60. The molecule has 4 heteroatoms. The number of hydrogen-bond donors (Lipinski definition) is 3. The van der Waals surface area contributed by atoms with E-state index in [2.05, 4.69) is 10.6 Å². The second-order valence-corrected chi connectivity index (χ2v) is 5.88. The number of hydrogen-bond acceptors (Lipinski definition) is 3. The minimum Gasteiger partial charge on any atom is -0.396 e. The third-order valence-electron chi connectivity index (χ3n) is 2.77. The summed E-state index contributed by atoms with van der Waals surface area (Å²) in [5.41, 5.74) is 1.44. The molecule has 0 saturated carbocycles. The van der Waals surface area contributed by atoms with Gasteiger partial charge < -0.3 is 15.7 Å². The Morgan fingerprint density at radius 2 is 1.84 bits per heavy atom. The molecule has 0 aliphatic heterocycles. The van der Waals surface area contributed by atoms with Crippen LogP contribution in [0.15, 0.2) is 24.3 Å². The summed E-state index contributed by atoms with van der Waals surface area (Å²) in [6.07, 6.45) is 0. The molecule has 0 saturated heterocycles. The summed E-state index contributed by atoms with van der Waals surface area (Å²) in [6, 6.07) is 7.49. The van der Waals surface area contributed by atoms with Crippen LogP contribution in [0.4, 0.5) is 5.69 Å². The van der Waals surface area contributed by atoms with Gasteiger partial charge in [0.2, 0.25) is 0 Å². The zero-order chi connectivity index (χ0) is 14.5. The number of amides is 1. The molecule has 0 atom stereocenters. The largest absolute Gasteiger partial charge is 0.396 e. The van der Waals surface area contributed by atoms with E-state index in [1.54, 1.807) is 12.1 Å². The van der Waals surface area contributed by atoms with Crippen LogP contribution >= 0.6 is 0 Å². The minimum atomic E-state index is -0.159. The number of carbonyl (C=O) groups is 1. The maximum absolute atomic E-state index is 11.8. The average Bonchev–Trinajstić information content (AvgIpc) is 2.36. The molecule has 0 spiro atoms. The first kappa shape index (κ1) is 15.5. The zero-order valence-corrected chi connectivity index (χ0v) is 12.2. The molecule has 3 N–H and O–H groups in total. The normalized spacial score (nSPS) is 11.5. The van der Waals surface area contributed by atoms with Crippen molar-refractivity contribution in [2.75, 3.05) is 18.5 Å². The van der Waals surface area contributed by atoms with Crippen molar-refractivity contribution < 1.29 is 9.90 Å². The van der Waals surface area contributed by atoms with Gasteiger partial charge in [-0.1, -0.05) is 13.8 Å². The lowest BCUT2D eigenvalue weighted by Gasteiger charge is -2.22. The Hall–Kier alpha value is -1.55. The molecule has 0 bridgehead atoms. The fourth-order valence-electron chi connectivity index (χ4n) is 1.48. The van der Waals surface area contributed by atoms with Gasteiger partial charge in [-0.15, -0.1) is 0 Å². The van der Waals surface area contributed by atoms with E-state index in [1.807, 2.05) is 39.8 Å². The number of aliphatic hydroxyl groups is 1. The van der Waals surface area contributed by atoms with Crippen molar-refractivity contribution in [1.29, 1.82) is 0 Å². The molecular formula is C15H24N2O2. The van der Waals surface area contributed by atoms with Crippen LogP contribution in [0.1, 0.15) is 38.1 Å². The van der Waals surface area contributed by atoms with Crippen LogP contribution in [0.3, 0.4) is 0 Å². The number of aliphatic hydroxyl groups excluding tert-OH is 1. The van der Waals surface area contributed by atoms with Crippen LogP contribution < -0.4 is 10.6 Å². The van der Waals surface area contributed by atoms with Gasteiger partial charge in [-0.2, -0.15) is 0 Å². The summed E-state index contributed by atoms with van der Waals surface area (Å²) in [4.78, 5) is 11.8. The Morgan fingerprint density at radius 3 is 2.32 bits per heavy atom. The van der Waals surface area contributed by atoms with E-state index in [0.29, 0.717) is 12.1 Å². The molecule has 1 aromatic rings. The molecule has 1 amide bonds. The predicted octanol–water partition coefficient (Wildman–Crippen LogP) is 2.26. The highest BCUT2D eigenvalue weighted by Crippen LogP contribution is 2.16. The second kappa shape index (κ2) is 6.57. The van der Waals surface area contributed by atoms with Crippen LogP contribution in [-0.2, 0) is 0 Å². The molecular weight excluding hydrogens is 240 g/mol. The third-order valence-corrected chi connectivity index (χ3v) is 2.77. The van der Waals surface area contributed by atoms with Crippen LogP contribution in [0.5, 0.6) is 0 Å². The molecule has 4 nitrogen and oxygen atoms in total. The summed E-state index contributed by atoms with van der Waals surface area (Å²) in [6.45, 7) is 8.67. The van der Waals surface area contributed by atoms with E-state index in [-0.39, 0.29) is 24.0 Å². The van der Waals surface area contributed by atoms with Gasteiger partial charge >= 0.3 is 0 Å². The molecule has 0 aliphatic rings. The lowest BCUT2D eigenvalue weighted by Crippen LogP contribution is -2.30. The van der Waals surface area contributed by atoms with Crippen molar-refractivity contribution in [3.63, 3.8) is 0 Å². The van der Waals surface area contributed by atoms with Gasteiger partial charge in [-0.05, 0) is 38.1 Å². The zero-order valence-electron chi connectivity index (χ0n) is 12.2. The number of benzene rings is 1. The Morgan fingerprint density at radius 1 is 1.26 bits per heavy atom. The molecule has 19 heavy (non-hydrogen) atoms. The first-order chi connectivity index (χ1) is 8.84. The third kappa shape index (κ3) is 5.30. The maximum atomic E-state index is 11.8. The summed E-state index contributed by atoms with van der Waals surface area (Å²) in [5, 5.41) is 15.3. The number of rotatable bonds is 6. The molecule has 0 heterocycles. The standard InChI is InChI=1S/C15H24N2O2/c1-11(2)17-14(19)12-5-7-13(8-6-12)16-9-15(3,4)10-18/h5-8,11,16,18H,9-10H2,1-4H3,(H,17,19). The van der Waals surface area contributed by atoms with E-state index in [1.165, 1.54) is 0 Å². The van der Waals surface area contributed by atoms with Crippen molar-refractivity contribution in [2.24, 2.45) is 5.41 Å². The molecule has 106 valence electrons. The van der Waals surface area contributed by atoms with E-state index in [4.69, 9.17) is 0 Å². The van der Waals surface area contributed by atoms with Crippen molar-refractivity contribution in [3.05, 3.63) is 29.8 Å². The van der Waals surface area contributed by atoms with Crippen LogP contribution in [0.2, 0.25) is 0 Å². The molecule has 0 radical (unpaired) electrons. The Kier molecular flexibility index (Phi) is 5.36. The number of anilines is 1. The van der Waals surface area contributed by atoms with E-state index < -0.39 is 0 Å². The van der Waals surface area contributed by atoms with Crippen LogP contribution in [-0.4, -0.2) is 30.2 Å². The fraction of sp³-hybridized carbons (Fsp3) is 0.533. The smallest absolute Gasteiger partial charge is 0.251 e. The maximum Gasteiger partial charge on any atom is 0.251 e. The van der Waals surface area contributed by atoms with Crippen molar-refractivity contribution >= 4 is 11.6 Å². The predicted molar refractivity (Wildman–Crippen MR) is 78.4 cm³/mol. The second-order valence-electron chi connectivity index (χ2n) is 5.88. The number of carbonyl (C=O) groups excluding carboxylic acids is 1. The van der Waals surface area contributed by atoms with Gasteiger partial charge in [0, 0.05) is 35.9 Å². The minimum absolute atomic E-state index is 0.0581. The summed E-state index contributed by atoms with van der Waals surface area (Å²) in [5.74, 6) is -0.0581. The molecule has 1 aromatic carbocycles. The lowest BCUT2D eigenvalue weighted by atomic mass is 9.95. The van der Waals surface area contributed by atoms with Gasteiger partial charge in [0.25, 0.3) is 5.91 Å². The quantitative estimate of drug-likeness (QED) is 0.738. The van der Waals surface area contributed by atoms with Gasteiger partial charge in [0.1, 0.15) is 0 Å². The number of nitrogens with one attached hydrogen (secondary N) is 2. The van der Waals surface area contributed by atoms with Crippen molar-refractivity contribution in [1.82, 2.24) is 5.32 Å². The highest BCUT2D eigenvalue weighted by Gasteiger charge is 2.15. The highest BCUT2D eigenvalue weighted by molar-refractivity contribution is 5.94. The van der Waals surface area contributed by atoms with Gasteiger partial charge in [0.15, 0.2) is 0 Å². The van der Waals surface area contributed by atoms with Gasteiger partial charge in [-0.3, -0.25) is 4.79 Å². The SMILES string of the molecule is CC(C)NC(=O)c1ccc(NCC(C)(C)CO)cc1. The molecule has 0 aliphatic carbocycles. The van der Waals surface area contributed by atoms with Crippen LogP contribution in [0.25, 0.3) is 0 Å². The topological polar surface area (TPSA) is 61.4 Å². The first-order valence-electron chi connectivity index (χ1n) is 6.60. The Bertz CT molecular complexity index is 411. The van der Waals surface area contributed by atoms with E-state index >= 15 is 0 Å². The van der Waals surface area contributed by atoms with Crippen molar-refractivity contribution in [2.45, 2.75) is 33.7 Å². The Balaban J connectivity index is 2.59. The molecule has 1 rings (SSSR count). The van der Waals surface area contributed by atoms with E-state index in [9.17, 15) is 9.90 Å². The van der Waals surface area contributed by atoms with Crippen LogP contribution in [0, 0.1) is 5.41 Å². The average molecular weight is 264 g/mol. The summed E-state index contributed by atoms with van der Waals surface area (Å²) in [7, 11) is 0. The van der Waals surface area contributed by atoms with E-state index in [0.717, 1.165) is 5.69 Å². The molecule has 0 unspecified atom stereocenters. The summed E-state index contributed by atoms with van der Waals surface area (Å²) >= 11 is 0. The van der Waals surface area contributed by atoms with Gasteiger partial charge in [0.05, 0.1) is 0 Å². The van der Waals surface area contributed by atoms with Gasteiger partial charge in [-0.25, -0.2) is 0 Å². The fourth-order valence-corrected chi connectivity index (χ4v) is 1.48. The molecule has 0 fully saturated rings. The molecule has 0 aromatic heterocycles. The monoisotopic (exact) mass is 264 g/mol. The highest BCUT2D eigenvalue weighted by atomic mass is 16.3.